The second-order valence-electron chi connectivity index (χ2n) is 6.71. The number of nitrogens with one attached hydrogen (secondary N) is 1. The molecule has 0 saturated heterocycles. The number of hydrogen-bond acceptors (Lipinski definition) is 3. The predicted octanol–water partition coefficient (Wildman–Crippen LogP) is 2.94. The van der Waals surface area contributed by atoms with Gasteiger partial charge in [-0.05, 0) is 33.2 Å². The summed E-state index contributed by atoms with van der Waals surface area (Å²) in [6, 6.07) is 0. The Morgan fingerprint density at radius 3 is 2.75 bits per heavy atom. The van der Waals surface area contributed by atoms with Gasteiger partial charge in [0.2, 0.25) is 0 Å². The van der Waals surface area contributed by atoms with E-state index in [0.29, 0.717) is 24.7 Å². The third-order valence-electron chi connectivity index (χ3n) is 4.66. The van der Waals surface area contributed by atoms with Gasteiger partial charge in [0.1, 0.15) is 5.82 Å². The van der Waals surface area contributed by atoms with E-state index >= 15 is 0 Å². The van der Waals surface area contributed by atoms with Gasteiger partial charge in [0.25, 0.3) is 0 Å². The van der Waals surface area contributed by atoms with E-state index < -0.39 is 11.9 Å². The first-order valence-corrected chi connectivity index (χ1v) is 8.06. The van der Waals surface area contributed by atoms with Crippen molar-refractivity contribution in [2.45, 2.75) is 46.0 Å². The lowest BCUT2D eigenvalue weighted by molar-refractivity contribution is -0.141. The summed E-state index contributed by atoms with van der Waals surface area (Å²) < 4.78 is 40.0. The molecule has 0 bridgehead atoms. The molecule has 1 atom stereocenters. The van der Waals surface area contributed by atoms with Crippen molar-refractivity contribution < 1.29 is 13.2 Å². The van der Waals surface area contributed by atoms with Gasteiger partial charge in [0.15, 0.2) is 5.69 Å². The summed E-state index contributed by atoms with van der Waals surface area (Å²) in [4.78, 5) is 5.94. The highest BCUT2D eigenvalue weighted by atomic mass is 19.4. The van der Waals surface area contributed by atoms with Crippen LogP contribution in [0.25, 0.3) is 0 Å². The fraction of sp³-hybridized carbons (Fsp3) is 0.625. The number of aromatic nitrogens is 4. The average Bonchev–Trinajstić information content (AvgIpc) is 3.05. The Hall–Kier alpha value is -1.83. The van der Waals surface area contributed by atoms with Crippen molar-refractivity contribution in [2.75, 3.05) is 13.6 Å². The van der Waals surface area contributed by atoms with E-state index in [-0.39, 0.29) is 0 Å². The standard InChI is InChI=1S/C16H22F3N5/c1-10-13(11(2)22-21-10)8-23(3)6-12-4-5-15-20-14(16(17,18)19)9-24(15)7-12/h9,12H,4-8H2,1-3H3,(H,21,22). The molecule has 0 saturated carbocycles. The van der Waals surface area contributed by atoms with Crippen molar-refractivity contribution in [1.82, 2.24) is 24.6 Å². The monoisotopic (exact) mass is 341 g/mol. The van der Waals surface area contributed by atoms with Crippen LogP contribution in [0.5, 0.6) is 0 Å². The maximum atomic E-state index is 12.8. The largest absolute Gasteiger partial charge is 0.434 e. The highest BCUT2D eigenvalue weighted by Crippen LogP contribution is 2.30. The highest BCUT2D eigenvalue weighted by Gasteiger charge is 2.35. The fourth-order valence-corrected chi connectivity index (χ4v) is 3.38. The lowest BCUT2D eigenvalue weighted by Crippen LogP contribution is -2.31. The van der Waals surface area contributed by atoms with Gasteiger partial charge in [-0.1, -0.05) is 0 Å². The Kier molecular flexibility index (Phi) is 4.42. The fourth-order valence-electron chi connectivity index (χ4n) is 3.38. The minimum Gasteiger partial charge on any atom is -0.334 e. The minimum absolute atomic E-state index is 0.324. The van der Waals surface area contributed by atoms with Crippen molar-refractivity contribution in [3.63, 3.8) is 0 Å². The second-order valence-corrected chi connectivity index (χ2v) is 6.71. The molecule has 0 fully saturated rings. The molecule has 132 valence electrons. The lowest BCUT2D eigenvalue weighted by atomic mass is 9.98. The summed E-state index contributed by atoms with van der Waals surface area (Å²) in [6.07, 6.45) is -1.76. The number of aromatic amines is 1. The summed E-state index contributed by atoms with van der Waals surface area (Å²) in [5.74, 6) is 0.869. The Morgan fingerprint density at radius 2 is 2.12 bits per heavy atom. The van der Waals surface area contributed by atoms with Crippen LogP contribution in [-0.2, 0) is 25.7 Å². The lowest BCUT2D eigenvalue weighted by Gasteiger charge is -2.28. The van der Waals surface area contributed by atoms with Crippen LogP contribution in [0.15, 0.2) is 6.20 Å². The second kappa shape index (κ2) is 6.23. The molecular weight excluding hydrogens is 319 g/mol. The first-order chi connectivity index (χ1) is 11.2. The molecule has 0 spiro atoms. The predicted molar refractivity (Wildman–Crippen MR) is 83.4 cm³/mol. The Labute approximate surface area is 138 Å². The van der Waals surface area contributed by atoms with Crippen LogP contribution in [0.4, 0.5) is 13.2 Å². The smallest absolute Gasteiger partial charge is 0.334 e. The first kappa shape index (κ1) is 17.0. The molecule has 0 aliphatic carbocycles. The third-order valence-corrected chi connectivity index (χ3v) is 4.66. The van der Waals surface area contributed by atoms with Crippen LogP contribution in [0.2, 0.25) is 0 Å². The topological polar surface area (TPSA) is 49.7 Å². The molecule has 3 heterocycles. The first-order valence-electron chi connectivity index (χ1n) is 8.06. The van der Waals surface area contributed by atoms with E-state index in [0.717, 1.165) is 37.1 Å². The van der Waals surface area contributed by atoms with Gasteiger partial charge < -0.3 is 9.47 Å². The van der Waals surface area contributed by atoms with Gasteiger partial charge in [-0.25, -0.2) is 4.98 Å². The number of H-pyrrole nitrogens is 1. The zero-order valence-corrected chi connectivity index (χ0v) is 14.1. The molecule has 1 aliphatic rings. The number of nitrogens with zero attached hydrogens (tertiary/aromatic N) is 4. The molecule has 8 heteroatoms. The summed E-state index contributed by atoms with van der Waals surface area (Å²) in [7, 11) is 2.04. The molecule has 1 aliphatic heterocycles. The minimum atomic E-state index is -4.37. The molecule has 0 aromatic carbocycles. The Balaban J connectivity index is 1.62. The van der Waals surface area contributed by atoms with E-state index in [4.69, 9.17) is 0 Å². The number of fused-ring (bicyclic) bond motifs is 1. The molecule has 5 nitrogen and oxygen atoms in total. The van der Waals surface area contributed by atoms with Crippen molar-refractivity contribution in [3.05, 3.63) is 34.7 Å². The number of aryl methyl sites for hydroxylation is 3. The summed E-state index contributed by atoms with van der Waals surface area (Å²) in [5.41, 5.74) is 2.47. The van der Waals surface area contributed by atoms with Gasteiger partial charge in [-0.2, -0.15) is 18.3 Å². The summed E-state index contributed by atoms with van der Waals surface area (Å²) in [5, 5.41) is 7.18. The van der Waals surface area contributed by atoms with Crippen LogP contribution in [0, 0.1) is 19.8 Å². The Morgan fingerprint density at radius 1 is 1.38 bits per heavy atom. The number of imidazole rings is 1. The molecule has 0 amide bonds. The number of alkyl halides is 3. The molecule has 24 heavy (non-hydrogen) atoms. The van der Waals surface area contributed by atoms with Crippen LogP contribution < -0.4 is 0 Å². The van der Waals surface area contributed by atoms with Crippen molar-refractivity contribution in [2.24, 2.45) is 5.92 Å². The van der Waals surface area contributed by atoms with E-state index in [1.807, 2.05) is 20.9 Å². The van der Waals surface area contributed by atoms with E-state index in [9.17, 15) is 13.2 Å². The molecule has 2 aromatic rings. The van der Waals surface area contributed by atoms with Crippen LogP contribution >= 0.6 is 0 Å². The third kappa shape index (κ3) is 3.48. The Bertz CT molecular complexity index is 696. The van der Waals surface area contributed by atoms with Gasteiger partial charge in [-0.3, -0.25) is 5.10 Å². The van der Waals surface area contributed by atoms with Gasteiger partial charge >= 0.3 is 6.18 Å². The maximum absolute atomic E-state index is 12.8. The molecule has 3 rings (SSSR count). The number of hydrogen-bond donors (Lipinski definition) is 1. The molecule has 2 aromatic heterocycles. The van der Waals surface area contributed by atoms with Crippen molar-refractivity contribution in [1.29, 1.82) is 0 Å². The van der Waals surface area contributed by atoms with Gasteiger partial charge in [0, 0.05) is 43.5 Å². The summed E-state index contributed by atoms with van der Waals surface area (Å²) in [6.45, 7) is 6.19. The van der Waals surface area contributed by atoms with Crippen molar-refractivity contribution >= 4 is 0 Å². The number of halogens is 3. The van der Waals surface area contributed by atoms with Gasteiger partial charge in [0.05, 0.1) is 5.69 Å². The number of rotatable bonds is 4. The quantitative estimate of drug-likeness (QED) is 0.930. The van der Waals surface area contributed by atoms with E-state index in [1.165, 1.54) is 5.56 Å². The molecule has 1 unspecified atom stereocenters. The van der Waals surface area contributed by atoms with Crippen LogP contribution in [0.3, 0.4) is 0 Å². The molecule has 1 N–H and O–H groups in total. The van der Waals surface area contributed by atoms with Gasteiger partial charge in [-0.15, -0.1) is 0 Å². The SMILES string of the molecule is Cc1n[nH]c(C)c1CN(C)CC1CCc2nc(C(F)(F)F)cn2C1. The van der Waals surface area contributed by atoms with Crippen LogP contribution in [0.1, 0.15) is 34.9 Å². The van der Waals surface area contributed by atoms with E-state index in [1.54, 1.807) is 4.57 Å². The maximum Gasteiger partial charge on any atom is 0.434 e. The average molecular weight is 341 g/mol. The van der Waals surface area contributed by atoms with E-state index in [2.05, 4.69) is 20.1 Å². The van der Waals surface area contributed by atoms with Crippen LogP contribution in [-0.4, -0.2) is 38.2 Å². The molecule has 0 radical (unpaired) electrons. The zero-order valence-electron chi connectivity index (χ0n) is 14.1. The summed E-state index contributed by atoms with van der Waals surface area (Å²) >= 11 is 0. The normalized spacial score (nSPS) is 18.2. The van der Waals surface area contributed by atoms with Crippen molar-refractivity contribution in [3.8, 4) is 0 Å². The highest BCUT2D eigenvalue weighted by molar-refractivity contribution is 5.22. The molecular formula is C16H22F3N5. The zero-order chi connectivity index (χ0) is 17.5.